The molecule has 0 aliphatic rings. The summed E-state index contributed by atoms with van der Waals surface area (Å²) in [5.74, 6) is -0.317. The van der Waals surface area contributed by atoms with Crippen molar-refractivity contribution >= 4 is 21.9 Å². The molecule has 0 aliphatic heterocycles. The van der Waals surface area contributed by atoms with Gasteiger partial charge in [0.05, 0.1) is 0 Å². The van der Waals surface area contributed by atoms with Crippen molar-refractivity contribution in [2.45, 2.75) is 6.92 Å². The Morgan fingerprint density at radius 1 is 0.466 bits per heavy atom. The maximum Gasteiger partial charge on any atom is 0.136 e. The van der Waals surface area contributed by atoms with Crippen LogP contribution in [-0.4, -0.2) is 9.97 Å². The molecule has 5 heteroatoms. The standard InChI is InChI=1S/C53H33FN2O.Ir/c1-34-27-39(43-14-6-5-13-42(43)38-22-26-50(55-32-38)36-19-23-41(54)24-20-36)29-40(28-34)44-15-7-8-16-45(44)49-33-56-51(35-11-3-2-4-12-35)31-48(49)37-21-25-47-46-17-9-10-18-52(46)57-53(47)30-37;/h2-11,13-19,21-33H,1H3;/q-2;. The molecule has 0 saturated heterocycles. The van der Waals surface area contributed by atoms with Crippen LogP contribution in [0.3, 0.4) is 0 Å². The van der Waals surface area contributed by atoms with Gasteiger partial charge in [0.2, 0.25) is 0 Å². The molecule has 7 aromatic carbocycles. The van der Waals surface area contributed by atoms with Crippen molar-refractivity contribution in [3.8, 4) is 78.1 Å². The quantitative estimate of drug-likeness (QED) is 0.150. The van der Waals surface area contributed by atoms with Crippen LogP contribution in [0.2, 0.25) is 0 Å². The average Bonchev–Trinajstić information content (AvgIpc) is 3.65. The van der Waals surface area contributed by atoms with Crippen LogP contribution < -0.4 is 0 Å². The number of fused-ring (bicyclic) bond motifs is 3. The first kappa shape index (κ1) is 36.8. The predicted octanol–water partition coefficient (Wildman–Crippen LogP) is 14.1. The first-order chi connectivity index (χ1) is 28.1. The molecule has 58 heavy (non-hydrogen) atoms. The molecule has 1 radical (unpaired) electrons. The monoisotopic (exact) mass is 925 g/mol. The Labute approximate surface area is 349 Å². The fourth-order valence-electron chi connectivity index (χ4n) is 7.83. The molecular weight excluding hydrogens is 892 g/mol. The van der Waals surface area contributed by atoms with Gasteiger partial charge in [0.25, 0.3) is 0 Å². The van der Waals surface area contributed by atoms with E-state index in [0.29, 0.717) is 0 Å². The molecule has 0 amide bonds. The first-order valence-corrected chi connectivity index (χ1v) is 18.9. The Morgan fingerprint density at radius 3 is 1.84 bits per heavy atom. The van der Waals surface area contributed by atoms with Crippen LogP contribution in [0, 0.1) is 24.9 Å². The van der Waals surface area contributed by atoms with Gasteiger partial charge in [-0.1, -0.05) is 103 Å². The maximum absolute atomic E-state index is 13.5. The molecule has 279 valence electrons. The third kappa shape index (κ3) is 6.96. The number of hydrogen-bond donors (Lipinski definition) is 0. The van der Waals surface area contributed by atoms with E-state index in [-0.39, 0.29) is 25.9 Å². The fourth-order valence-corrected chi connectivity index (χ4v) is 7.83. The Bertz CT molecular complexity index is 3080. The summed E-state index contributed by atoms with van der Waals surface area (Å²) in [6.07, 6.45) is 3.88. The van der Waals surface area contributed by atoms with Crippen molar-refractivity contribution in [2.24, 2.45) is 0 Å². The summed E-state index contributed by atoms with van der Waals surface area (Å²) in [6, 6.07) is 63.4. The van der Waals surface area contributed by atoms with Crippen molar-refractivity contribution < 1.29 is 28.9 Å². The molecule has 10 aromatic rings. The molecule has 0 unspecified atom stereocenters. The summed E-state index contributed by atoms with van der Waals surface area (Å²) in [5, 5.41) is 2.19. The predicted molar refractivity (Wildman–Crippen MR) is 230 cm³/mol. The number of rotatable bonds is 7. The minimum Gasteiger partial charge on any atom is -0.456 e. The van der Waals surface area contributed by atoms with Gasteiger partial charge < -0.3 is 14.4 Å². The zero-order valence-electron chi connectivity index (χ0n) is 31.3. The fraction of sp³-hybridized carbons (Fsp3) is 0.0189. The Morgan fingerprint density at radius 2 is 1.12 bits per heavy atom. The summed E-state index contributed by atoms with van der Waals surface area (Å²) in [5.41, 5.74) is 16.8. The van der Waals surface area contributed by atoms with Gasteiger partial charge in [0.1, 0.15) is 11.2 Å². The summed E-state index contributed by atoms with van der Waals surface area (Å²) in [7, 11) is 0. The van der Waals surface area contributed by atoms with E-state index >= 15 is 0 Å². The van der Waals surface area contributed by atoms with E-state index in [1.807, 2.05) is 60.9 Å². The Hall–Kier alpha value is -6.78. The smallest absolute Gasteiger partial charge is 0.136 e. The number of aryl methyl sites for hydroxylation is 1. The second-order valence-corrected chi connectivity index (χ2v) is 14.2. The number of para-hydroxylation sites is 1. The van der Waals surface area contributed by atoms with Gasteiger partial charge in [-0.3, -0.25) is 4.39 Å². The normalized spacial score (nSPS) is 11.1. The van der Waals surface area contributed by atoms with Crippen LogP contribution >= 0.6 is 0 Å². The third-order valence-corrected chi connectivity index (χ3v) is 10.5. The molecule has 3 heterocycles. The molecule has 0 aliphatic carbocycles. The number of halogens is 1. The SMILES string of the molecule is Cc1cc(-c2ccccc2-c2ccc(-c3[c-]cc(F)cc3)nc2)cc(-c2ccccc2-c2cnc(-c3[c-]cccc3)cc2-c2ccc3c(c2)oc2ccccc23)c1.[Ir]. The molecule has 3 nitrogen and oxygen atoms in total. The molecule has 0 fully saturated rings. The van der Waals surface area contributed by atoms with Gasteiger partial charge in [-0.25, -0.2) is 0 Å². The van der Waals surface area contributed by atoms with Crippen LogP contribution in [0.4, 0.5) is 4.39 Å². The van der Waals surface area contributed by atoms with Gasteiger partial charge in [-0.05, 0) is 98.2 Å². The molecule has 0 bridgehead atoms. The van der Waals surface area contributed by atoms with Gasteiger partial charge in [-0.2, -0.15) is 0 Å². The van der Waals surface area contributed by atoms with E-state index in [0.717, 1.165) is 106 Å². The van der Waals surface area contributed by atoms with Crippen LogP contribution in [0.5, 0.6) is 0 Å². The van der Waals surface area contributed by atoms with E-state index in [1.165, 1.54) is 12.1 Å². The summed E-state index contributed by atoms with van der Waals surface area (Å²) in [4.78, 5) is 9.76. The maximum atomic E-state index is 13.5. The number of benzene rings is 7. The van der Waals surface area contributed by atoms with Crippen molar-refractivity contribution in [1.29, 1.82) is 0 Å². The number of aromatic nitrogens is 2. The van der Waals surface area contributed by atoms with E-state index in [9.17, 15) is 4.39 Å². The van der Waals surface area contributed by atoms with Crippen molar-refractivity contribution in [3.05, 3.63) is 206 Å². The van der Waals surface area contributed by atoms with E-state index < -0.39 is 0 Å². The van der Waals surface area contributed by atoms with Crippen molar-refractivity contribution in [1.82, 2.24) is 9.97 Å². The number of pyridine rings is 2. The van der Waals surface area contributed by atoms with Gasteiger partial charge in [-0.15, -0.1) is 65.7 Å². The molecule has 0 spiro atoms. The zero-order chi connectivity index (χ0) is 38.3. The minimum absolute atomic E-state index is 0. The van der Waals surface area contributed by atoms with Crippen LogP contribution in [0.1, 0.15) is 5.56 Å². The second-order valence-electron chi connectivity index (χ2n) is 14.2. The minimum atomic E-state index is -0.317. The van der Waals surface area contributed by atoms with Gasteiger partial charge in [0, 0.05) is 54.7 Å². The topological polar surface area (TPSA) is 38.9 Å². The first-order valence-electron chi connectivity index (χ1n) is 18.9. The largest absolute Gasteiger partial charge is 0.456 e. The third-order valence-electron chi connectivity index (χ3n) is 10.5. The Kier molecular flexibility index (Phi) is 9.93. The second kappa shape index (κ2) is 15.6. The summed E-state index contributed by atoms with van der Waals surface area (Å²) in [6.45, 7) is 2.15. The Balaban J connectivity index is 0.00000436. The van der Waals surface area contributed by atoms with E-state index in [2.05, 4.69) is 122 Å². The van der Waals surface area contributed by atoms with E-state index in [4.69, 9.17) is 14.4 Å². The number of hydrogen-bond acceptors (Lipinski definition) is 3. The molecule has 3 aromatic heterocycles. The van der Waals surface area contributed by atoms with Crippen LogP contribution in [0.15, 0.2) is 187 Å². The molecule has 0 saturated carbocycles. The molecule has 10 rings (SSSR count). The molecule has 0 N–H and O–H groups in total. The van der Waals surface area contributed by atoms with Crippen LogP contribution in [-0.2, 0) is 20.1 Å². The zero-order valence-corrected chi connectivity index (χ0v) is 33.7. The number of nitrogens with zero attached hydrogens (tertiary/aromatic N) is 2. The van der Waals surface area contributed by atoms with Crippen molar-refractivity contribution in [2.75, 3.05) is 0 Å². The van der Waals surface area contributed by atoms with Gasteiger partial charge in [0.15, 0.2) is 0 Å². The molecular formula is C53H33FIrN2O-2. The van der Waals surface area contributed by atoms with Gasteiger partial charge >= 0.3 is 0 Å². The van der Waals surface area contributed by atoms with Crippen molar-refractivity contribution in [3.63, 3.8) is 0 Å². The summed E-state index contributed by atoms with van der Waals surface area (Å²) < 4.78 is 19.9. The van der Waals surface area contributed by atoms with Crippen LogP contribution in [0.25, 0.3) is 100 Å². The van der Waals surface area contributed by atoms with E-state index in [1.54, 1.807) is 6.07 Å². The number of furan rings is 1. The molecule has 0 atom stereocenters. The summed E-state index contributed by atoms with van der Waals surface area (Å²) >= 11 is 0. The average molecular weight is 925 g/mol.